The van der Waals surface area contributed by atoms with Crippen LogP contribution >= 0.6 is 0 Å². The zero-order valence-corrected chi connectivity index (χ0v) is 15.6. The maximum Gasteiger partial charge on any atom is 0.217 e. The maximum atomic E-state index is 11.6. The van der Waals surface area contributed by atoms with Crippen LogP contribution in [0.4, 0.5) is 0 Å². The number of rotatable bonds is 6. The van der Waals surface area contributed by atoms with Crippen molar-refractivity contribution in [1.82, 2.24) is 10.2 Å². The Morgan fingerprint density at radius 2 is 2.04 bits per heavy atom. The van der Waals surface area contributed by atoms with E-state index in [1.54, 1.807) is 14.0 Å². The molecule has 26 heavy (non-hydrogen) atoms. The van der Waals surface area contributed by atoms with E-state index in [9.17, 15) is 4.79 Å². The quantitative estimate of drug-likeness (QED) is 0.865. The molecule has 2 atom stereocenters. The fourth-order valence-corrected chi connectivity index (χ4v) is 3.44. The monoisotopic (exact) mass is 354 g/mol. The first-order valence-corrected chi connectivity index (χ1v) is 8.91. The van der Waals surface area contributed by atoms with Gasteiger partial charge in [0.1, 0.15) is 17.3 Å². The second-order valence-corrected chi connectivity index (χ2v) is 6.76. The summed E-state index contributed by atoms with van der Waals surface area (Å²) in [5, 5.41) is 3.07. The highest BCUT2D eigenvalue weighted by Gasteiger charge is 2.35. The Balaban J connectivity index is 1.62. The van der Waals surface area contributed by atoms with Crippen LogP contribution in [-0.4, -0.2) is 43.6 Å². The van der Waals surface area contributed by atoms with Gasteiger partial charge >= 0.3 is 0 Å². The van der Waals surface area contributed by atoms with Crippen LogP contribution in [0.3, 0.4) is 0 Å². The minimum absolute atomic E-state index is 0.00102. The SMILES string of the molecule is COc1ccc(C=CCN2CC(NC(C)=O)C(c3ccc(C)o3)C2)cc1. The molecule has 5 nitrogen and oxygen atoms in total. The molecular formula is C21H26N2O3. The van der Waals surface area contributed by atoms with Gasteiger partial charge in [-0.15, -0.1) is 0 Å². The van der Waals surface area contributed by atoms with Crippen LogP contribution in [0.1, 0.15) is 29.9 Å². The molecule has 1 amide bonds. The lowest BCUT2D eigenvalue weighted by Crippen LogP contribution is -2.38. The van der Waals surface area contributed by atoms with Crippen molar-refractivity contribution in [2.45, 2.75) is 25.8 Å². The third-order valence-electron chi connectivity index (χ3n) is 4.70. The van der Waals surface area contributed by atoms with Crippen LogP contribution in [0, 0.1) is 6.92 Å². The molecule has 3 rings (SSSR count). The molecular weight excluding hydrogens is 328 g/mol. The number of aryl methyl sites for hydroxylation is 1. The van der Waals surface area contributed by atoms with Crippen LogP contribution < -0.4 is 10.1 Å². The van der Waals surface area contributed by atoms with Gasteiger partial charge in [-0.05, 0) is 36.8 Å². The molecule has 2 unspecified atom stereocenters. The van der Waals surface area contributed by atoms with Crippen molar-refractivity contribution in [3.8, 4) is 5.75 Å². The summed E-state index contributed by atoms with van der Waals surface area (Å²) in [5.74, 6) is 2.89. The van der Waals surface area contributed by atoms with E-state index in [1.807, 2.05) is 43.3 Å². The summed E-state index contributed by atoms with van der Waals surface area (Å²) in [7, 11) is 1.67. The van der Waals surface area contributed by atoms with Crippen LogP contribution in [0.2, 0.25) is 0 Å². The summed E-state index contributed by atoms with van der Waals surface area (Å²) < 4.78 is 11.0. The van der Waals surface area contributed by atoms with E-state index < -0.39 is 0 Å². The van der Waals surface area contributed by atoms with Gasteiger partial charge in [0.2, 0.25) is 5.91 Å². The Kier molecular flexibility index (Phi) is 5.78. The molecule has 0 saturated carbocycles. The standard InChI is InChI=1S/C21H26N2O3/c1-15-6-11-21(26-15)19-13-23(14-20(19)22-16(2)24)12-4-5-17-7-9-18(25-3)10-8-17/h4-11,19-20H,12-14H2,1-3H3,(H,22,24). The largest absolute Gasteiger partial charge is 0.497 e. The molecule has 1 aliphatic rings. The van der Waals surface area contributed by atoms with Crippen LogP contribution in [0.25, 0.3) is 6.08 Å². The van der Waals surface area contributed by atoms with E-state index in [1.165, 1.54) is 0 Å². The van der Waals surface area contributed by atoms with E-state index in [0.717, 1.165) is 42.5 Å². The van der Waals surface area contributed by atoms with Gasteiger partial charge < -0.3 is 14.5 Å². The van der Waals surface area contributed by atoms with E-state index in [-0.39, 0.29) is 17.9 Å². The molecule has 1 aromatic heterocycles. The average molecular weight is 354 g/mol. The number of nitrogens with zero attached hydrogens (tertiary/aromatic N) is 1. The number of benzene rings is 1. The molecule has 1 saturated heterocycles. The average Bonchev–Trinajstić information content (AvgIpc) is 3.21. The first-order chi connectivity index (χ1) is 12.5. The van der Waals surface area contributed by atoms with Gasteiger partial charge in [0.25, 0.3) is 0 Å². The van der Waals surface area contributed by atoms with Crippen LogP contribution in [-0.2, 0) is 4.79 Å². The Labute approximate surface area is 154 Å². The third-order valence-corrected chi connectivity index (χ3v) is 4.70. The number of likely N-dealkylation sites (tertiary alicyclic amines) is 1. The Hall–Kier alpha value is -2.53. The van der Waals surface area contributed by atoms with Gasteiger partial charge in [0.15, 0.2) is 0 Å². The van der Waals surface area contributed by atoms with Gasteiger partial charge in [-0.2, -0.15) is 0 Å². The molecule has 2 heterocycles. The molecule has 5 heteroatoms. The minimum Gasteiger partial charge on any atom is -0.497 e. The number of carbonyl (C=O) groups is 1. The molecule has 1 aromatic carbocycles. The second-order valence-electron chi connectivity index (χ2n) is 6.76. The first-order valence-electron chi connectivity index (χ1n) is 8.91. The lowest BCUT2D eigenvalue weighted by molar-refractivity contribution is -0.119. The van der Waals surface area contributed by atoms with Gasteiger partial charge in [0.05, 0.1) is 19.1 Å². The van der Waals surface area contributed by atoms with Crippen molar-refractivity contribution < 1.29 is 13.9 Å². The number of hydrogen-bond acceptors (Lipinski definition) is 4. The lowest BCUT2D eigenvalue weighted by atomic mass is 10.0. The molecule has 0 bridgehead atoms. The maximum absolute atomic E-state index is 11.6. The van der Waals surface area contributed by atoms with Crippen LogP contribution in [0.5, 0.6) is 5.75 Å². The Morgan fingerprint density at radius 1 is 1.27 bits per heavy atom. The number of ether oxygens (including phenoxy) is 1. The molecule has 0 aliphatic carbocycles. The minimum atomic E-state index is -0.00102. The molecule has 0 radical (unpaired) electrons. The van der Waals surface area contributed by atoms with Crippen LogP contribution in [0.15, 0.2) is 46.9 Å². The van der Waals surface area contributed by atoms with Crippen molar-refractivity contribution in [3.05, 3.63) is 59.6 Å². The predicted octanol–water partition coefficient (Wildman–Crippen LogP) is 3.21. The molecule has 2 aromatic rings. The zero-order chi connectivity index (χ0) is 18.5. The number of furan rings is 1. The zero-order valence-electron chi connectivity index (χ0n) is 15.6. The number of hydrogen-bond donors (Lipinski definition) is 1. The number of carbonyl (C=O) groups excluding carboxylic acids is 1. The van der Waals surface area contributed by atoms with Crippen molar-refractivity contribution in [2.75, 3.05) is 26.7 Å². The summed E-state index contributed by atoms with van der Waals surface area (Å²) in [5.41, 5.74) is 1.14. The van der Waals surface area contributed by atoms with Crippen molar-refractivity contribution in [1.29, 1.82) is 0 Å². The fourth-order valence-electron chi connectivity index (χ4n) is 3.44. The van der Waals surface area contributed by atoms with Crippen molar-refractivity contribution >= 4 is 12.0 Å². The predicted molar refractivity (Wildman–Crippen MR) is 102 cm³/mol. The second kappa shape index (κ2) is 8.23. The molecule has 1 fully saturated rings. The fraction of sp³-hybridized carbons (Fsp3) is 0.381. The van der Waals surface area contributed by atoms with Crippen molar-refractivity contribution in [3.63, 3.8) is 0 Å². The Morgan fingerprint density at radius 3 is 2.65 bits per heavy atom. The summed E-state index contributed by atoms with van der Waals surface area (Å²) in [6, 6.07) is 12.1. The highest BCUT2D eigenvalue weighted by atomic mass is 16.5. The van der Waals surface area contributed by atoms with E-state index in [4.69, 9.17) is 9.15 Å². The van der Waals surface area contributed by atoms with E-state index in [0.29, 0.717) is 0 Å². The highest BCUT2D eigenvalue weighted by molar-refractivity contribution is 5.73. The van der Waals surface area contributed by atoms with Gasteiger partial charge in [-0.25, -0.2) is 0 Å². The number of methoxy groups -OCH3 is 1. The summed E-state index contributed by atoms with van der Waals surface area (Å²) in [6.45, 7) is 6.03. The van der Waals surface area contributed by atoms with Gasteiger partial charge in [-0.1, -0.05) is 24.3 Å². The highest BCUT2D eigenvalue weighted by Crippen LogP contribution is 2.29. The Bertz CT molecular complexity index is 764. The summed E-state index contributed by atoms with van der Waals surface area (Å²) >= 11 is 0. The van der Waals surface area contributed by atoms with Crippen molar-refractivity contribution in [2.24, 2.45) is 0 Å². The molecule has 1 N–H and O–H groups in total. The summed E-state index contributed by atoms with van der Waals surface area (Å²) in [6.07, 6.45) is 4.26. The van der Waals surface area contributed by atoms with E-state index in [2.05, 4.69) is 22.4 Å². The van der Waals surface area contributed by atoms with Gasteiger partial charge in [0, 0.05) is 26.6 Å². The molecule has 0 spiro atoms. The molecule has 1 aliphatic heterocycles. The smallest absolute Gasteiger partial charge is 0.217 e. The first kappa shape index (κ1) is 18.3. The molecule has 138 valence electrons. The van der Waals surface area contributed by atoms with E-state index >= 15 is 0 Å². The number of amides is 1. The van der Waals surface area contributed by atoms with Gasteiger partial charge in [-0.3, -0.25) is 9.69 Å². The topological polar surface area (TPSA) is 54.7 Å². The summed E-state index contributed by atoms with van der Waals surface area (Å²) in [4.78, 5) is 13.9. The number of nitrogens with one attached hydrogen (secondary N) is 1. The third kappa shape index (κ3) is 4.55. The lowest BCUT2D eigenvalue weighted by Gasteiger charge is -2.17. The normalized spacial score (nSPS) is 20.6.